The van der Waals surface area contributed by atoms with Crippen LogP contribution in [0, 0.1) is 5.82 Å². The van der Waals surface area contributed by atoms with E-state index in [1.165, 1.54) is 25.1 Å². The first-order valence-corrected chi connectivity index (χ1v) is 5.77. The lowest BCUT2D eigenvalue weighted by atomic mass is 10.2. The van der Waals surface area contributed by atoms with Crippen LogP contribution in [0.1, 0.15) is 17.3 Å². The Bertz CT molecular complexity index is 437. The van der Waals surface area contributed by atoms with Crippen LogP contribution in [-0.4, -0.2) is 24.9 Å². The second-order valence-electron chi connectivity index (χ2n) is 3.36. The summed E-state index contributed by atoms with van der Waals surface area (Å²) in [6, 6.07) is 4.14. The second-order valence-corrected chi connectivity index (χ2v) is 4.28. The lowest BCUT2D eigenvalue weighted by Gasteiger charge is -2.06. The molecule has 0 saturated carbocycles. The van der Waals surface area contributed by atoms with Gasteiger partial charge in [-0.2, -0.15) is 0 Å². The highest BCUT2D eigenvalue weighted by atomic mass is 79.9. The summed E-state index contributed by atoms with van der Waals surface area (Å²) in [6.45, 7) is 1.96. The van der Waals surface area contributed by atoms with E-state index in [1.807, 2.05) is 0 Å². The van der Waals surface area contributed by atoms with E-state index in [4.69, 9.17) is 0 Å². The Hall–Kier alpha value is -1.43. The van der Waals surface area contributed by atoms with Crippen molar-refractivity contribution in [2.75, 3.05) is 13.1 Å². The second kappa shape index (κ2) is 6.34. The first-order chi connectivity index (χ1) is 8.00. The molecule has 0 unspecified atom stereocenters. The van der Waals surface area contributed by atoms with Gasteiger partial charge in [0.05, 0.1) is 5.56 Å². The Balaban J connectivity index is 2.52. The van der Waals surface area contributed by atoms with Crippen molar-refractivity contribution < 1.29 is 14.0 Å². The zero-order chi connectivity index (χ0) is 12.8. The summed E-state index contributed by atoms with van der Waals surface area (Å²) in [5.74, 6) is -1.26. The maximum Gasteiger partial charge on any atom is 0.254 e. The van der Waals surface area contributed by atoms with E-state index in [1.54, 1.807) is 0 Å². The predicted molar refractivity (Wildman–Crippen MR) is 65.1 cm³/mol. The molecule has 0 bridgehead atoms. The van der Waals surface area contributed by atoms with Crippen LogP contribution in [0.4, 0.5) is 4.39 Å². The van der Waals surface area contributed by atoms with Crippen molar-refractivity contribution in [2.45, 2.75) is 6.92 Å². The first kappa shape index (κ1) is 13.6. The lowest BCUT2D eigenvalue weighted by Crippen LogP contribution is -2.34. The molecule has 4 nitrogen and oxygen atoms in total. The minimum Gasteiger partial charge on any atom is -0.355 e. The fourth-order valence-electron chi connectivity index (χ4n) is 1.18. The molecule has 92 valence electrons. The molecule has 0 atom stereocenters. The van der Waals surface area contributed by atoms with Crippen molar-refractivity contribution in [2.24, 2.45) is 0 Å². The van der Waals surface area contributed by atoms with E-state index >= 15 is 0 Å². The molecule has 2 amide bonds. The lowest BCUT2D eigenvalue weighted by molar-refractivity contribution is -0.118. The van der Waals surface area contributed by atoms with Gasteiger partial charge in [-0.25, -0.2) is 4.39 Å². The summed E-state index contributed by atoms with van der Waals surface area (Å²) >= 11 is 3.16. The maximum atomic E-state index is 13.3. The molecule has 2 N–H and O–H groups in total. The van der Waals surface area contributed by atoms with Crippen LogP contribution in [0.3, 0.4) is 0 Å². The molecule has 0 fully saturated rings. The van der Waals surface area contributed by atoms with Crippen LogP contribution in [0.25, 0.3) is 0 Å². The van der Waals surface area contributed by atoms with Gasteiger partial charge in [0.2, 0.25) is 5.91 Å². The molecule has 0 spiro atoms. The normalized spacial score (nSPS) is 9.82. The van der Waals surface area contributed by atoms with E-state index in [2.05, 4.69) is 26.6 Å². The summed E-state index contributed by atoms with van der Waals surface area (Å²) in [6.07, 6.45) is 0. The van der Waals surface area contributed by atoms with Crippen molar-refractivity contribution in [1.82, 2.24) is 10.6 Å². The van der Waals surface area contributed by atoms with Gasteiger partial charge in [-0.05, 0) is 18.2 Å². The van der Waals surface area contributed by atoms with Gasteiger partial charge in [0.1, 0.15) is 5.82 Å². The number of nitrogens with one attached hydrogen (secondary N) is 2. The Kier molecular flexibility index (Phi) is 5.09. The van der Waals surface area contributed by atoms with E-state index in [9.17, 15) is 14.0 Å². The quantitative estimate of drug-likeness (QED) is 0.827. The molecule has 0 saturated heterocycles. The van der Waals surface area contributed by atoms with Crippen molar-refractivity contribution in [3.8, 4) is 0 Å². The molecular formula is C11H12BrFN2O2. The molecule has 0 radical (unpaired) electrons. The van der Waals surface area contributed by atoms with Crippen LogP contribution in [0.15, 0.2) is 22.7 Å². The largest absolute Gasteiger partial charge is 0.355 e. The number of halogens is 2. The Morgan fingerprint density at radius 1 is 1.29 bits per heavy atom. The van der Waals surface area contributed by atoms with Gasteiger partial charge in [0.25, 0.3) is 5.91 Å². The van der Waals surface area contributed by atoms with Gasteiger partial charge in [-0.1, -0.05) is 15.9 Å². The topological polar surface area (TPSA) is 58.2 Å². The monoisotopic (exact) mass is 302 g/mol. The minimum atomic E-state index is -0.578. The summed E-state index contributed by atoms with van der Waals surface area (Å²) < 4.78 is 13.9. The Morgan fingerprint density at radius 2 is 1.94 bits per heavy atom. The fraction of sp³-hybridized carbons (Fsp3) is 0.273. The molecule has 0 aliphatic rings. The zero-order valence-corrected chi connectivity index (χ0v) is 10.8. The number of rotatable bonds is 4. The Labute approximate surface area is 107 Å². The Morgan fingerprint density at radius 3 is 2.59 bits per heavy atom. The van der Waals surface area contributed by atoms with Gasteiger partial charge < -0.3 is 10.6 Å². The van der Waals surface area contributed by atoms with Gasteiger partial charge >= 0.3 is 0 Å². The highest BCUT2D eigenvalue weighted by Crippen LogP contribution is 2.15. The number of hydrogen-bond acceptors (Lipinski definition) is 2. The first-order valence-electron chi connectivity index (χ1n) is 4.98. The molecule has 17 heavy (non-hydrogen) atoms. The average Bonchev–Trinajstić information content (AvgIpc) is 2.27. The highest BCUT2D eigenvalue weighted by molar-refractivity contribution is 9.10. The minimum absolute atomic E-state index is 0.0257. The molecule has 1 rings (SSSR count). The smallest absolute Gasteiger partial charge is 0.254 e. The van der Waals surface area contributed by atoms with Crippen LogP contribution in [-0.2, 0) is 4.79 Å². The highest BCUT2D eigenvalue weighted by Gasteiger charge is 2.11. The molecular weight excluding hydrogens is 291 g/mol. The third-order valence-corrected chi connectivity index (χ3v) is 2.45. The van der Waals surface area contributed by atoms with Crippen LogP contribution < -0.4 is 10.6 Å². The molecule has 0 heterocycles. The zero-order valence-electron chi connectivity index (χ0n) is 9.22. The number of amides is 2. The van der Waals surface area contributed by atoms with Crippen LogP contribution in [0.2, 0.25) is 0 Å². The van der Waals surface area contributed by atoms with Crippen molar-refractivity contribution in [1.29, 1.82) is 0 Å². The standard InChI is InChI=1S/C11H12BrFN2O2/c1-7(16)14-4-5-15-11(17)9-6-8(12)2-3-10(9)13/h2-3,6H,4-5H2,1H3,(H,14,16)(H,15,17). The van der Waals surface area contributed by atoms with Gasteiger partial charge in [-0.3, -0.25) is 9.59 Å². The summed E-state index contributed by atoms with van der Waals surface area (Å²) in [7, 11) is 0. The fourth-order valence-corrected chi connectivity index (χ4v) is 1.54. The van der Waals surface area contributed by atoms with Crippen molar-refractivity contribution >= 4 is 27.7 Å². The van der Waals surface area contributed by atoms with E-state index < -0.39 is 11.7 Å². The van der Waals surface area contributed by atoms with Gasteiger partial charge in [0.15, 0.2) is 0 Å². The SMILES string of the molecule is CC(=O)NCCNC(=O)c1cc(Br)ccc1F. The maximum absolute atomic E-state index is 13.3. The van der Waals surface area contributed by atoms with E-state index in [0.29, 0.717) is 11.0 Å². The van der Waals surface area contributed by atoms with Crippen LogP contribution >= 0.6 is 15.9 Å². The predicted octanol–water partition coefficient (Wildman–Crippen LogP) is 1.45. The molecule has 1 aromatic rings. The third-order valence-electron chi connectivity index (χ3n) is 1.96. The summed E-state index contributed by atoms with van der Waals surface area (Å²) in [5, 5.41) is 5.03. The number of hydrogen-bond donors (Lipinski definition) is 2. The molecule has 0 aliphatic heterocycles. The number of benzene rings is 1. The number of carbonyl (C=O) groups is 2. The van der Waals surface area contributed by atoms with E-state index in [-0.39, 0.29) is 18.0 Å². The van der Waals surface area contributed by atoms with E-state index in [0.717, 1.165) is 0 Å². The van der Waals surface area contributed by atoms with Gasteiger partial charge in [0, 0.05) is 24.5 Å². The average molecular weight is 303 g/mol. The summed E-state index contributed by atoms with van der Waals surface area (Å²) in [5.41, 5.74) is -0.0257. The third kappa shape index (κ3) is 4.52. The number of carbonyl (C=O) groups excluding carboxylic acids is 2. The van der Waals surface area contributed by atoms with Crippen molar-refractivity contribution in [3.05, 3.63) is 34.1 Å². The molecule has 0 aliphatic carbocycles. The van der Waals surface area contributed by atoms with Gasteiger partial charge in [-0.15, -0.1) is 0 Å². The molecule has 6 heteroatoms. The van der Waals surface area contributed by atoms with Crippen LogP contribution in [0.5, 0.6) is 0 Å². The molecule has 0 aromatic heterocycles. The molecule has 1 aromatic carbocycles. The summed E-state index contributed by atoms with van der Waals surface area (Å²) in [4.78, 5) is 22.1. The van der Waals surface area contributed by atoms with Crippen molar-refractivity contribution in [3.63, 3.8) is 0 Å².